The fourth-order valence-electron chi connectivity index (χ4n) is 8.59. The van der Waals surface area contributed by atoms with E-state index in [4.69, 9.17) is 18.9 Å². The van der Waals surface area contributed by atoms with Crippen LogP contribution in [0.1, 0.15) is 77.0 Å². The summed E-state index contributed by atoms with van der Waals surface area (Å²) in [5.41, 5.74) is -1.77. The van der Waals surface area contributed by atoms with Crippen molar-refractivity contribution in [2.45, 2.75) is 111 Å². The second-order valence-corrected chi connectivity index (χ2v) is 12.8. The Hall–Kier alpha value is -1.05. The van der Waals surface area contributed by atoms with Crippen LogP contribution in [0, 0.1) is 0 Å². The summed E-state index contributed by atoms with van der Waals surface area (Å²) in [6.45, 7) is 4.82. The Balaban J connectivity index is 1.17. The average molecular weight is 538 g/mol. The van der Waals surface area contributed by atoms with Crippen molar-refractivity contribution in [1.29, 1.82) is 0 Å². The molecule has 0 saturated carbocycles. The molecule has 11 nitrogen and oxygen atoms in total. The van der Waals surface area contributed by atoms with E-state index in [0.717, 1.165) is 25.7 Å². The van der Waals surface area contributed by atoms with Gasteiger partial charge in [-0.2, -0.15) is 5.06 Å². The first kappa shape index (κ1) is 27.1. The summed E-state index contributed by atoms with van der Waals surface area (Å²) >= 11 is 0. The molecule has 0 aromatic heterocycles. The zero-order valence-electron chi connectivity index (χ0n) is 22.6. The topological polar surface area (TPSA) is 125 Å². The maximum atomic E-state index is 13.8. The molecule has 0 aliphatic carbocycles. The van der Waals surface area contributed by atoms with Crippen molar-refractivity contribution in [2.75, 3.05) is 52.9 Å². The molecule has 6 aliphatic heterocycles. The molecule has 38 heavy (non-hydrogen) atoms. The van der Waals surface area contributed by atoms with Gasteiger partial charge in [0.1, 0.15) is 0 Å². The number of hydrogen-bond donors (Lipinski definition) is 3. The Morgan fingerprint density at radius 1 is 0.579 bits per heavy atom. The minimum Gasteiger partial charge on any atom is -0.381 e. The molecule has 0 bridgehead atoms. The molecule has 6 heterocycles. The lowest BCUT2D eigenvalue weighted by Crippen LogP contribution is -2.71. The minimum absolute atomic E-state index is 0.0525. The van der Waals surface area contributed by atoms with Gasteiger partial charge >= 0.3 is 6.03 Å². The quantitative estimate of drug-likeness (QED) is 0.490. The molecule has 1 radical (unpaired) electrons. The van der Waals surface area contributed by atoms with Crippen LogP contribution in [-0.2, 0) is 24.2 Å². The third-order valence-corrected chi connectivity index (χ3v) is 10.6. The van der Waals surface area contributed by atoms with Crippen molar-refractivity contribution in [3.05, 3.63) is 0 Å². The van der Waals surface area contributed by atoms with Crippen LogP contribution < -0.4 is 10.6 Å². The molecule has 4 spiro atoms. The molecule has 0 aromatic carbocycles. The van der Waals surface area contributed by atoms with Gasteiger partial charge in [-0.1, -0.05) is 0 Å². The van der Waals surface area contributed by atoms with E-state index in [0.29, 0.717) is 104 Å². The third kappa shape index (κ3) is 4.87. The molecule has 6 saturated heterocycles. The molecule has 0 atom stereocenters. The van der Waals surface area contributed by atoms with Gasteiger partial charge in [-0.3, -0.25) is 0 Å². The highest BCUT2D eigenvalue weighted by atomic mass is 16.5. The summed E-state index contributed by atoms with van der Waals surface area (Å²) < 4.78 is 22.5. The number of carbonyl (C=O) groups excluding carboxylic acids is 1. The van der Waals surface area contributed by atoms with Gasteiger partial charge in [0, 0.05) is 64.9 Å². The highest BCUT2D eigenvalue weighted by Crippen LogP contribution is 2.48. The Kier molecular flexibility index (Phi) is 7.67. The summed E-state index contributed by atoms with van der Waals surface area (Å²) in [5.74, 6) is 0. The predicted octanol–water partition coefficient (Wildman–Crippen LogP) is 2.15. The fraction of sp³-hybridized carbons (Fsp3) is 0.963. The minimum atomic E-state index is -0.494. The molecule has 2 amide bonds. The van der Waals surface area contributed by atoms with Gasteiger partial charge in [0.05, 0.1) is 22.2 Å². The molecule has 0 unspecified atom stereocenters. The van der Waals surface area contributed by atoms with Crippen molar-refractivity contribution in [3.8, 4) is 0 Å². The van der Waals surface area contributed by atoms with E-state index >= 15 is 0 Å². The number of piperidine rings is 2. The molecule has 3 N–H and O–H groups in total. The molecule has 6 rings (SSSR count). The molecule has 6 aliphatic rings. The van der Waals surface area contributed by atoms with Crippen LogP contribution in [0.2, 0.25) is 0 Å². The lowest BCUT2D eigenvalue weighted by Gasteiger charge is -2.59. The first-order valence-electron chi connectivity index (χ1n) is 14.7. The average Bonchev–Trinajstić information content (AvgIpc) is 2.93. The lowest BCUT2D eigenvalue weighted by molar-refractivity contribution is -0.330. The van der Waals surface area contributed by atoms with Crippen LogP contribution in [0.3, 0.4) is 0 Å². The SMILES string of the molecule is [O]N1C2(CCOCC2)CC(NC(=O)NC2CC3(CCOCC3)N(O)C3(CCOCC3)C2)CC12CCOCC2. The Morgan fingerprint density at radius 2 is 0.868 bits per heavy atom. The van der Waals surface area contributed by atoms with Crippen molar-refractivity contribution in [3.63, 3.8) is 0 Å². The van der Waals surface area contributed by atoms with Crippen molar-refractivity contribution >= 4 is 6.03 Å². The van der Waals surface area contributed by atoms with Gasteiger partial charge in [-0.25, -0.2) is 4.79 Å². The summed E-state index contributed by atoms with van der Waals surface area (Å²) in [5, 5.41) is 35.0. The largest absolute Gasteiger partial charge is 0.381 e. The van der Waals surface area contributed by atoms with E-state index < -0.39 is 22.2 Å². The standard InChI is InChI=1S/C27H45N4O7/c32-23(28-21-17-24(1-9-35-10-2-24)30(33)25(18-21)3-11-36-12-4-25)29-22-19-26(5-13-37-14-6-26)31(34)27(20-22)7-15-38-16-8-27/h21-22,33H,1-20H2,(H2,28,29,32). The van der Waals surface area contributed by atoms with Crippen molar-refractivity contribution < 1.29 is 34.2 Å². The Morgan fingerprint density at radius 3 is 1.21 bits per heavy atom. The second kappa shape index (κ2) is 10.7. The summed E-state index contributed by atoms with van der Waals surface area (Å²) in [6.07, 6.45) is 8.49. The maximum absolute atomic E-state index is 13.8. The number of nitrogens with zero attached hydrogens (tertiary/aromatic N) is 2. The first-order valence-corrected chi connectivity index (χ1v) is 14.7. The summed E-state index contributed by atoms with van der Waals surface area (Å²) in [4.78, 5) is 13.5. The molecular weight excluding hydrogens is 492 g/mol. The van der Waals surface area contributed by atoms with Crippen LogP contribution in [0.15, 0.2) is 0 Å². The van der Waals surface area contributed by atoms with E-state index in [-0.39, 0.29) is 18.1 Å². The number of amides is 2. The molecule has 11 heteroatoms. The van der Waals surface area contributed by atoms with E-state index in [1.165, 1.54) is 5.06 Å². The predicted molar refractivity (Wildman–Crippen MR) is 135 cm³/mol. The van der Waals surface area contributed by atoms with Gasteiger partial charge in [0.2, 0.25) is 0 Å². The summed E-state index contributed by atoms with van der Waals surface area (Å²) in [7, 11) is 0. The van der Waals surface area contributed by atoms with Gasteiger partial charge in [0.25, 0.3) is 0 Å². The van der Waals surface area contributed by atoms with Gasteiger partial charge in [0.15, 0.2) is 0 Å². The zero-order chi connectivity index (χ0) is 26.3. The number of ether oxygens (including phenoxy) is 4. The zero-order valence-corrected chi connectivity index (χ0v) is 22.6. The van der Waals surface area contributed by atoms with Gasteiger partial charge < -0.3 is 34.8 Å². The Bertz CT molecular complexity index is 713. The summed E-state index contributed by atoms with van der Waals surface area (Å²) in [6, 6.07) is -0.300. The van der Waals surface area contributed by atoms with Crippen LogP contribution >= 0.6 is 0 Å². The third-order valence-electron chi connectivity index (χ3n) is 10.6. The molecule has 215 valence electrons. The first-order chi connectivity index (χ1) is 18.4. The number of urea groups is 1. The highest BCUT2D eigenvalue weighted by molar-refractivity contribution is 5.74. The molecule has 0 aromatic rings. The van der Waals surface area contributed by atoms with E-state index in [1.807, 2.05) is 0 Å². The van der Waals surface area contributed by atoms with Crippen molar-refractivity contribution in [2.24, 2.45) is 0 Å². The smallest absolute Gasteiger partial charge is 0.315 e. The second-order valence-electron chi connectivity index (χ2n) is 12.8. The fourth-order valence-corrected chi connectivity index (χ4v) is 8.59. The molecular formula is C27H45N4O7. The van der Waals surface area contributed by atoms with E-state index in [9.17, 15) is 15.2 Å². The highest BCUT2D eigenvalue weighted by Gasteiger charge is 2.57. The van der Waals surface area contributed by atoms with E-state index in [1.54, 1.807) is 5.06 Å². The lowest BCUT2D eigenvalue weighted by atomic mass is 9.69. The maximum Gasteiger partial charge on any atom is 0.315 e. The van der Waals surface area contributed by atoms with Crippen molar-refractivity contribution in [1.82, 2.24) is 20.8 Å². The van der Waals surface area contributed by atoms with Crippen LogP contribution in [0.25, 0.3) is 0 Å². The monoisotopic (exact) mass is 537 g/mol. The van der Waals surface area contributed by atoms with Gasteiger partial charge in [-0.05, 0) is 77.0 Å². The number of nitrogens with one attached hydrogen (secondary N) is 2. The number of carbonyl (C=O) groups is 1. The molecule has 6 fully saturated rings. The Labute approximate surface area is 225 Å². The van der Waals surface area contributed by atoms with Crippen LogP contribution in [0.5, 0.6) is 0 Å². The van der Waals surface area contributed by atoms with E-state index in [2.05, 4.69) is 10.6 Å². The number of hydroxylamine groups is 4. The van der Waals surface area contributed by atoms with Crippen LogP contribution in [0.4, 0.5) is 4.79 Å². The van der Waals surface area contributed by atoms with Crippen LogP contribution in [-0.4, -0.2) is 108 Å². The number of hydrogen-bond acceptors (Lipinski definition) is 8. The normalized spacial score (nSPS) is 34.9. The van der Waals surface area contributed by atoms with Gasteiger partial charge in [-0.15, -0.1) is 10.3 Å². The number of rotatable bonds is 2.